The second-order valence-electron chi connectivity index (χ2n) is 3.32. The van der Waals surface area contributed by atoms with E-state index in [2.05, 4.69) is 35.8 Å². The third kappa shape index (κ3) is 6.49. The molecule has 14 heavy (non-hydrogen) atoms. The third-order valence-corrected chi connectivity index (χ3v) is 5.93. The second kappa shape index (κ2) is 9.25. The first-order valence-corrected chi connectivity index (χ1v) is 8.77. The predicted octanol–water partition coefficient (Wildman–Crippen LogP) is 2.57. The van der Waals surface area contributed by atoms with Gasteiger partial charge in [0.2, 0.25) is 0 Å². The van der Waals surface area contributed by atoms with E-state index < -0.39 is 0 Å². The zero-order chi connectivity index (χ0) is 10.1. The minimum atomic E-state index is 0.868. The molecule has 1 aliphatic rings. The summed E-state index contributed by atoms with van der Waals surface area (Å²) in [6.07, 6.45) is 1.32. The van der Waals surface area contributed by atoms with Gasteiger partial charge in [-0.05, 0) is 24.5 Å². The second-order valence-corrected chi connectivity index (χ2v) is 7.27. The van der Waals surface area contributed by atoms with Crippen LogP contribution in [0.1, 0.15) is 13.3 Å². The van der Waals surface area contributed by atoms with Crippen molar-refractivity contribution in [3.8, 4) is 0 Å². The van der Waals surface area contributed by atoms with E-state index in [1.54, 1.807) is 0 Å². The molecule has 1 nitrogen and oxygen atoms in total. The zero-order valence-corrected chi connectivity index (χ0v) is 11.4. The number of nitrogens with one attached hydrogen (secondary N) is 1. The van der Waals surface area contributed by atoms with Gasteiger partial charge in [-0.3, -0.25) is 0 Å². The summed E-state index contributed by atoms with van der Waals surface area (Å²) in [6, 6.07) is 0. The van der Waals surface area contributed by atoms with Crippen LogP contribution in [-0.2, 0) is 0 Å². The van der Waals surface area contributed by atoms with Crippen molar-refractivity contribution in [1.82, 2.24) is 5.32 Å². The zero-order valence-electron chi connectivity index (χ0n) is 8.96. The van der Waals surface area contributed by atoms with Crippen LogP contribution >= 0.6 is 35.3 Å². The molecule has 84 valence electrons. The van der Waals surface area contributed by atoms with Crippen LogP contribution in [-0.4, -0.2) is 47.1 Å². The van der Waals surface area contributed by atoms with Crippen molar-refractivity contribution in [2.24, 2.45) is 0 Å². The highest BCUT2D eigenvalue weighted by Crippen LogP contribution is 2.23. The monoisotopic (exact) mass is 251 g/mol. The summed E-state index contributed by atoms with van der Waals surface area (Å²) in [7, 11) is 0. The van der Waals surface area contributed by atoms with Crippen molar-refractivity contribution < 1.29 is 0 Å². The Bertz CT molecular complexity index is 127. The lowest BCUT2D eigenvalue weighted by molar-refractivity contribution is 0.674. The van der Waals surface area contributed by atoms with Gasteiger partial charge in [0, 0.05) is 29.1 Å². The van der Waals surface area contributed by atoms with Gasteiger partial charge in [-0.1, -0.05) is 6.92 Å². The molecule has 0 spiro atoms. The molecule has 1 rings (SSSR count). The Balaban J connectivity index is 1.82. The Morgan fingerprint density at radius 2 is 2.36 bits per heavy atom. The van der Waals surface area contributed by atoms with E-state index >= 15 is 0 Å². The first kappa shape index (κ1) is 13.1. The lowest BCUT2D eigenvalue weighted by Crippen LogP contribution is -2.29. The first-order valence-electron chi connectivity index (χ1n) is 5.41. The van der Waals surface area contributed by atoms with Crippen LogP contribution in [0.4, 0.5) is 0 Å². The predicted molar refractivity (Wildman–Crippen MR) is 74.1 cm³/mol. The molecule has 4 heteroatoms. The van der Waals surface area contributed by atoms with Crippen LogP contribution in [0.3, 0.4) is 0 Å². The molecule has 0 aromatic rings. The summed E-state index contributed by atoms with van der Waals surface area (Å²) in [4.78, 5) is 0. The highest BCUT2D eigenvalue weighted by molar-refractivity contribution is 8.06. The Morgan fingerprint density at radius 1 is 1.43 bits per heavy atom. The molecule has 0 amide bonds. The van der Waals surface area contributed by atoms with Crippen LogP contribution in [0.15, 0.2) is 0 Å². The Hall–Kier alpha value is 1.01. The van der Waals surface area contributed by atoms with E-state index in [9.17, 15) is 0 Å². The van der Waals surface area contributed by atoms with E-state index in [0.29, 0.717) is 0 Å². The minimum Gasteiger partial charge on any atom is -0.316 e. The Labute approximate surface area is 101 Å². The molecule has 0 saturated carbocycles. The Kier molecular flexibility index (Phi) is 8.64. The average Bonchev–Trinajstić information content (AvgIpc) is 2.25. The van der Waals surface area contributed by atoms with E-state index in [1.807, 2.05) is 11.8 Å². The highest BCUT2D eigenvalue weighted by Gasteiger charge is 2.12. The van der Waals surface area contributed by atoms with Gasteiger partial charge in [0.1, 0.15) is 0 Å². The number of rotatable bonds is 7. The van der Waals surface area contributed by atoms with Gasteiger partial charge in [0.25, 0.3) is 0 Å². The third-order valence-electron chi connectivity index (χ3n) is 2.10. The molecule has 1 unspecified atom stereocenters. The smallest absolute Gasteiger partial charge is 0.0263 e. The van der Waals surface area contributed by atoms with Gasteiger partial charge in [-0.25, -0.2) is 0 Å². The largest absolute Gasteiger partial charge is 0.316 e. The molecule has 1 aliphatic heterocycles. The first-order chi connectivity index (χ1) is 6.93. The van der Waals surface area contributed by atoms with Gasteiger partial charge >= 0.3 is 0 Å². The van der Waals surface area contributed by atoms with Crippen LogP contribution in [0.25, 0.3) is 0 Å². The molecule has 0 bridgehead atoms. The van der Waals surface area contributed by atoms with Gasteiger partial charge in [0.15, 0.2) is 0 Å². The maximum Gasteiger partial charge on any atom is 0.0263 e. The van der Waals surface area contributed by atoms with Gasteiger partial charge in [0.05, 0.1) is 0 Å². The summed E-state index contributed by atoms with van der Waals surface area (Å²) >= 11 is 6.30. The van der Waals surface area contributed by atoms with Crippen LogP contribution in [0.2, 0.25) is 0 Å². The summed E-state index contributed by atoms with van der Waals surface area (Å²) < 4.78 is 0. The van der Waals surface area contributed by atoms with Crippen molar-refractivity contribution in [3.05, 3.63) is 0 Å². The summed E-state index contributed by atoms with van der Waals surface area (Å²) in [5, 5.41) is 4.43. The van der Waals surface area contributed by atoms with Crippen molar-refractivity contribution in [2.45, 2.75) is 18.6 Å². The fourth-order valence-corrected chi connectivity index (χ4v) is 4.64. The van der Waals surface area contributed by atoms with Crippen molar-refractivity contribution in [2.75, 3.05) is 41.9 Å². The summed E-state index contributed by atoms with van der Waals surface area (Å²) in [6.45, 7) is 4.65. The number of hydrogen-bond acceptors (Lipinski definition) is 4. The molecule has 0 aromatic carbocycles. The summed E-state index contributed by atoms with van der Waals surface area (Å²) in [5.41, 5.74) is 0. The molecule has 1 fully saturated rings. The molecular formula is C10H21NS3. The fourth-order valence-electron chi connectivity index (χ4n) is 1.36. The van der Waals surface area contributed by atoms with Crippen molar-refractivity contribution >= 4 is 35.3 Å². The molecule has 1 heterocycles. The molecule has 0 aromatic heterocycles. The molecular weight excluding hydrogens is 230 g/mol. The average molecular weight is 251 g/mol. The molecule has 0 radical (unpaired) electrons. The quantitative estimate of drug-likeness (QED) is 0.698. The maximum absolute atomic E-state index is 3.57. The minimum absolute atomic E-state index is 0.868. The van der Waals surface area contributed by atoms with Crippen LogP contribution in [0.5, 0.6) is 0 Å². The van der Waals surface area contributed by atoms with E-state index in [-0.39, 0.29) is 0 Å². The number of thioether (sulfide) groups is 3. The topological polar surface area (TPSA) is 12.0 Å². The van der Waals surface area contributed by atoms with Crippen LogP contribution < -0.4 is 5.32 Å². The molecule has 1 N–H and O–H groups in total. The van der Waals surface area contributed by atoms with Gasteiger partial charge < -0.3 is 5.32 Å². The standard InChI is InChI=1S/C10H21NS3/c1-2-12-5-3-4-11-8-10-9-13-6-7-14-10/h10-11H,2-9H2,1H3. The lowest BCUT2D eigenvalue weighted by atomic mass is 10.4. The summed E-state index contributed by atoms with van der Waals surface area (Å²) in [5.74, 6) is 6.63. The van der Waals surface area contributed by atoms with Crippen molar-refractivity contribution in [3.63, 3.8) is 0 Å². The van der Waals surface area contributed by atoms with E-state index in [1.165, 1.54) is 48.3 Å². The maximum atomic E-state index is 3.57. The van der Waals surface area contributed by atoms with E-state index in [4.69, 9.17) is 0 Å². The molecule has 0 aliphatic carbocycles. The fraction of sp³-hybridized carbons (Fsp3) is 1.00. The highest BCUT2D eigenvalue weighted by atomic mass is 32.2. The van der Waals surface area contributed by atoms with Crippen LogP contribution in [0, 0.1) is 0 Å². The normalized spacial score (nSPS) is 22.5. The molecule has 1 atom stereocenters. The van der Waals surface area contributed by atoms with Gasteiger partial charge in [-0.15, -0.1) is 0 Å². The molecule has 1 saturated heterocycles. The number of hydrogen-bond donors (Lipinski definition) is 1. The SMILES string of the molecule is CCSCCCNCC1CSCCS1. The lowest BCUT2D eigenvalue weighted by Gasteiger charge is -2.21. The van der Waals surface area contributed by atoms with Gasteiger partial charge in [-0.2, -0.15) is 35.3 Å². The van der Waals surface area contributed by atoms with E-state index in [0.717, 1.165) is 5.25 Å². The van der Waals surface area contributed by atoms with Crippen molar-refractivity contribution in [1.29, 1.82) is 0 Å². The Morgan fingerprint density at radius 3 is 3.07 bits per heavy atom.